The number of anilines is 1. The van der Waals surface area contributed by atoms with Crippen LogP contribution in [0.4, 0.5) is 5.82 Å². The van der Waals surface area contributed by atoms with Crippen LogP contribution in [0.5, 0.6) is 0 Å². The van der Waals surface area contributed by atoms with Crippen LogP contribution in [0.3, 0.4) is 0 Å². The molecule has 0 fully saturated rings. The summed E-state index contributed by atoms with van der Waals surface area (Å²) in [7, 11) is 0. The average Bonchev–Trinajstić information content (AvgIpc) is 2.81. The van der Waals surface area contributed by atoms with E-state index in [1.54, 1.807) is 4.57 Å². The first-order valence-electron chi connectivity index (χ1n) is 6.27. The predicted molar refractivity (Wildman–Crippen MR) is 76.6 cm³/mol. The highest BCUT2D eigenvalue weighted by molar-refractivity contribution is 7.99. The fourth-order valence-corrected chi connectivity index (χ4v) is 2.67. The Morgan fingerprint density at radius 1 is 1.40 bits per heavy atom. The Morgan fingerprint density at radius 2 is 2.15 bits per heavy atom. The molecule has 0 saturated carbocycles. The lowest BCUT2D eigenvalue weighted by molar-refractivity contribution is 0.659. The number of H-pyrrole nitrogens is 1. The molecule has 0 bridgehead atoms. The second-order valence-electron chi connectivity index (χ2n) is 4.07. The van der Waals surface area contributed by atoms with E-state index in [4.69, 9.17) is 5.84 Å². The number of aromatic amines is 1. The van der Waals surface area contributed by atoms with Crippen LogP contribution in [0, 0.1) is 6.92 Å². The molecule has 0 radical (unpaired) electrons. The molecule has 2 aromatic heterocycles. The number of nitrogens with two attached hydrogens (primary N) is 1. The molecular weight excluding hydrogens is 278 g/mol. The third-order valence-corrected chi connectivity index (χ3v) is 3.91. The van der Waals surface area contributed by atoms with Crippen LogP contribution in [0.15, 0.2) is 15.0 Å². The van der Waals surface area contributed by atoms with Crippen molar-refractivity contribution >= 4 is 17.6 Å². The highest BCUT2D eigenvalue weighted by Crippen LogP contribution is 2.29. The molecule has 2 rings (SSSR count). The Hall–Kier alpha value is -1.87. The van der Waals surface area contributed by atoms with Crippen molar-refractivity contribution in [2.45, 2.75) is 43.9 Å². The Balaban J connectivity index is 2.44. The monoisotopic (exact) mass is 295 g/mol. The van der Waals surface area contributed by atoms with Crippen LogP contribution in [-0.4, -0.2) is 24.7 Å². The molecular formula is C11H17N7OS. The second kappa shape index (κ2) is 6.06. The molecule has 108 valence electrons. The molecule has 4 N–H and O–H groups in total. The maximum atomic E-state index is 11.6. The summed E-state index contributed by atoms with van der Waals surface area (Å²) in [5.41, 5.74) is 3.17. The van der Waals surface area contributed by atoms with Crippen molar-refractivity contribution in [3.63, 3.8) is 0 Å². The largest absolute Gasteiger partial charge is 0.343 e. The van der Waals surface area contributed by atoms with E-state index < -0.39 is 0 Å². The fraction of sp³-hybridized carbons (Fsp3) is 0.455. The molecule has 0 amide bonds. The number of hydrogen-bond donors (Lipinski definition) is 3. The molecule has 2 heterocycles. The highest BCUT2D eigenvalue weighted by atomic mass is 32.2. The summed E-state index contributed by atoms with van der Waals surface area (Å²) in [6.45, 7) is 6.27. The van der Waals surface area contributed by atoms with Gasteiger partial charge in [0, 0.05) is 18.5 Å². The molecule has 2 aromatic rings. The number of aryl methyl sites for hydroxylation is 1. The lowest BCUT2D eigenvalue weighted by atomic mass is 10.3. The van der Waals surface area contributed by atoms with E-state index >= 15 is 0 Å². The Kier molecular flexibility index (Phi) is 4.40. The zero-order chi connectivity index (χ0) is 14.7. The minimum atomic E-state index is -0.227. The van der Waals surface area contributed by atoms with Gasteiger partial charge in [-0.25, -0.2) is 25.7 Å². The van der Waals surface area contributed by atoms with Gasteiger partial charge in [-0.3, -0.25) is 4.57 Å². The van der Waals surface area contributed by atoms with Gasteiger partial charge in [-0.1, -0.05) is 6.92 Å². The average molecular weight is 295 g/mol. The van der Waals surface area contributed by atoms with Crippen molar-refractivity contribution in [3.8, 4) is 0 Å². The SMILES string of the molecule is CCc1nc(NN)c(C)c(Sc2n[nH]c(=O)n2CC)n1. The highest BCUT2D eigenvalue weighted by Gasteiger charge is 2.15. The van der Waals surface area contributed by atoms with Crippen LogP contribution in [0.2, 0.25) is 0 Å². The molecule has 20 heavy (non-hydrogen) atoms. The summed E-state index contributed by atoms with van der Waals surface area (Å²) in [6.07, 6.45) is 0.698. The zero-order valence-corrected chi connectivity index (χ0v) is 12.4. The van der Waals surface area contributed by atoms with E-state index in [1.165, 1.54) is 11.8 Å². The minimum absolute atomic E-state index is 0.227. The predicted octanol–water partition coefficient (Wildman–Crippen LogP) is 0.689. The van der Waals surface area contributed by atoms with Crippen molar-refractivity contribution < 1.29 is 0 Å². The standard InChI is InChI=1S/C11H17N7OS/c1-4-7-13-8(15-12)6(3)9(14-7)20-11-17-16-10(19)18(11)5-2/h4-5,12H2,1-3H3,(H,16,19)(H,13,14,15). The van der Waals surface area contributed by atoms with Crippen molar-refractivity contribution in [3.05, 3.63) is 21.9 Å². The van der Waals surface area contributed by atoms with Gasteiger partial charge < -0.3 is 5.43 Å². The molecule has 0 aliphatic carbocycles. The van der Waals surface area contributed by atoms with Crippen molar-refractivity contribution in [1.29, 1.82) is 0 Å². The number of hydrazine groups is 1. The third-order valence-electron chi connectivity index (χ3n) is 2.83. The number of rotatable bonds is 5. The number of aromatic nitrogens is 5. The van der Waals surface area contributed by atoms with Gasteiger partial charge in [-0.15, -0.1) is 5.10 Å². The molecule has 0 spiro atoms. The summed E-state index contributed by atoms with van der Waals surface area (Å²) < 4.78 is 1.55. The lowest BCUT2D eigenvalue weighted by Gasteiger charge is -2.10. The van der Waals surface area contributed by atoms with E-state index in [-0.39, 0.29) is 5.69 Å². The maximum absolute atomic E-state index is 11.6. The van der Waals surface area contributed by atoms with Gasteiger partial charge in [0.2, 0.25) is 0 Å². The zero-order valence-electron chi connectivity index (χ0n) is 11.6. The van der Waals surface area contributed by atoms with Gasteiger partial charge >= 0.3 is 5.69 Å². The fourth-order valence-electron chi connectivity index (χ4n) is 1.68. The van der Waals surface area contributed by atoms with E-state index in [0.717, 1.165) is 10.6 Å². The molecule has 8 nitrogen and oxygen atoms in total. The summed E-state index contributed by atoms with van der Waals surface area (Å²) in [6, 6.07) is 0. The van der Waals surface area contributed by atoms with Crippen LogP contribution >= 0.6 is 11.8 Å². The molecule has 9 heteroatoms. The molecule has 0 unspecified atom stereocenters. The van der Waals surface area contributed by atoms with Crippen molar-refractivity contribution in [2.24, 2.45) is 5.84 Å². The number of hydrogen-bond acceptors (Lipinski definition) is 7. The summed E-state index contributed by atoms with van der Waals surface area (Å²) >= 11 is 1.32. The Labute approximate surface area is 120 Å². The van der Waals surface area contributed by atoms with Crippen LogP contribution in [0.25, 0.3) is 0 Å². The van der Waals surface area contributed by atoms with Crippen molar-refractivity contribution in [1.82, 2.24) is 24.7 Å². The van der Waals surface area contributed by atoms with Gasteiger partial charge in [0.1, 0.15) is 16.7 Å². The van der Waals surface area contributed by atoms with Gasteiger partial charge in [0.15, 0.2) is 5.16 Å². The van der Waals surface area contributed by atoms with E-state index in [0.29, 0.717) is 29.8 Å². The first-order chi connectivity index (χ1) is 9.60. The molecule has 0 aromatic carbocycles. The van der Waals surface area contributed by atoms with Crippen molar-refractivity contribution in [2.75, 3.05) is 5.43 Å². The Morgan fingerprint density at radius 3 is 2.75 bits per heavy atom. The molecule has 0 aliphatic rings. The van der Waals surface area contributed by atoms with Crippen LogP contribution in [0.1, 0.15) is 25.2 Å². The third kappa shape index (κ3) is 2.68. The smallest absolute Gasteiger partial charge is 0.308 e. The number of nitrogen functional groups attached to an aromatic ring is 1. The van der Waals surface area contributed by atoms with Gasteiger partial charge in [0.05, 0.1) is 0 Å². The normalized spacial score (nSPS) is 10.8. The number of nitrogens with one attached hydrogen (secondary N) is 2. The molecule has 0 saturated heterocycles. The second-order valence-corrected chi connectivity index (χ2v) is 5.03. The quantitative estimate of drug-likeness (QED) is 0.422. The van der Waals surface area contributed by atoms with Crippen LogP contribution in [-0.2, 0) is 13.0 Å². The first kappa shape index (κ1) is 14.5. The van der Waals surface area contributed by atoms with Gasteiger partial charge in [0.25, 0.3) is 0 Å². The first-order valence-corrected chi connectivity index (χ1v) is 7.09. The summed E-state index contributed by atoms with van der Waals surface area (Å²) in [5.74, 6) is 6.74. The van der Waals surface area contributed by atoms with Gasteiger partial charge in [-0.2, -0.15) is 0 Å². The maximum Gasteiger partial charge on any atom is 0.343 e. The molecule has 0 aliphatic heterocycles. The number of nitrogens with zero attached hydrogens (tertiary/aromatic N) is 4. The van der Waals surface area contributed by atoms with E-state index in [1.807, 2.05) is 20.8 Å². The lowest BCUT2D eigenvalue weighted by Crippen LogP contribution is -2.16. The van der Waals surface area contributed by atoms with E-state index in [2.05, 4.69) is 25.6 Å². The topological polar surface area (TPSA) is 115 Å². The van der Waals surface area contributed by atoms with E-state index in [9.17, 15) is 4.79 Å². The Bertz CT molecular complexity index is 663. The van der Waals surface area contributed by atoms with Gasteiger partial charge in [-0.05, 0) is 25.6 Å². The summed E-state index contributed by atoms with van der Waals surface area (Å²) in [5, 5.41) is 7.76. The van der Waals surface area contributed by atoms with Crippen LogP contribution < -0.4 is 17.0 Å². The summed E-state index contributed by atoms with van der Waals surface area (Å²) in [4.78, 5) is 20.3. The molecule has 0 atom stereocenters. The minimum Gasteiger partial charge on any atom is -0.308 e.